The first-order valence-electron chi connectivity index (χ1n) is 5.11. The number of nitrogens with zero attached hydrogens (tertiary/aromatic N) is 1. The summed E-state index contributed by atoms with van der Waals surface area (Å²) >= 11 is 0. The quantitative estimate of drug-likeness (QED) is 0.745. The highest BCUT2D eigenvalue weighted by atomic mass is 16.5. The molecule has 1 amide bonds. The molecule has 0 bridgehead atoms. The van der Waals surface area contributed by atoms with E-state index in [9.17, 15) is 9.59 Å². The van der Waals surface area contributed by atoms with E-state index in [-0.39, 0.29) is 17.3 Å². The lowest BCUT2D eigenvalue weighted by molar-refractivity contribution is -0.123. The number of hydrogen-bond acceptors (Lipinski definition) is 6. The van der Waals surface area contributed by atoms with Crippen molar-refractivity contribution < 1.29 is 24.2 Å². The minimum atomic E-state index is -1.18. The molecule has 0 saturated carbocycles. The Morgan fingerprint density at radius 1 is 1.39 bits per heavy atom. The molecule has 1 atom stereocenters. The van der Waals surface area contributed by atoms with Crippen LogP contribution in [0.3, 0.4) is 0 Å². The van der Waals surface area contributed by atoms with E-state index in [1.807, 2.05) is 0 Å². The molecule has 0 radical (unpaired) electrons. The maximum absolute atomic E-state index is 11.4. The molecule has 0 aromatic carbocycles. The Hall–Kier alpha value is -2.15. The third-order valence-electron chi connectivity index (χ3n) is 2.06. The van der Waals surface area contributed by atoms with Crippen LogP contribution in [0.5, 0.6) is 5.88 Å². The maximum Gasteiger partial charge on any atom is 0.338 e. The molecule has 1 aromatic heterocycles. The van der Waals surface area contributed by atoms with Crippen molar-refractivity contribution >= 4 is 17.7 Å². The highest BCUT2D eigenvalue weighted by Crippen LogP contribution is 2.16. The molecule has 1 rings (SSSR count). The predicted molar refractivity (Wildman–Crippen MR) is 62.4 cm³/mol. The number of pyridine rings is 1. The monoisotopic (exact) mass is 254 g/mol. The fourth-order valence-corrected chi connectivity index (χ4v) is 1.14. The number of amides is 1. The van der Waals surface area contributed by atoms with Crippen LogP contribution in [0.15, 0.2) is 12.1 Å². The van der Waals surface area contributed by atoms with Gasteiger partial charge in [0.1, 0.15) is 11.9 Å². The normalized spacial score (nSPS) is 11.6. The van der Waals surface area contributed by atoms with Crippen LogP contribution in [-0.4, -0.2) is 42.3 Å². The molecule has 18 heavy (non-hydrogen) atoms. The summed E-state index contributed by atoms with van der Waals surface area (Å²) in [6.07, 6.45) is -1.18. The molecular weight excluding hydrogens is 240 g/mol. The Morgan fingerprint density at radius 3 is 2.56 bits per heavy atom. The molecular formula is C11H14N2O5. The third-order valence-corrected chi connectivity index (χ3v) is 2.06. The average molecular weight is 254 g/mol. The number of esters is 1. The average Bonchev–Trinajstić information content (AvgIpc) is 2.37. The van der Waals surface area contributed by atoms with E-state index >= 15 is 0 Å². The molecule has 0 unspecified atom stereocenters. The second-order valence-corrected chi connectivity index (χ2v) is 3.44. The van der Waals surface area contributed by atoms with Gasteiger partial charge in [-0.2, -0.15) is 4.98 Å². The van der Waals surface area contributed by atoms with Gasteiger partial charge in [-0.25, -0.2) is 4.79 Å². The Labute approximate surface area is 104 Å². The number of aliphatic hydroxyl groups excluding tert-OH is 1. The molecule has 0 fully saturated rings. The van der Waals surface area contributed by atoms with E-state index in [1.54, 1.807) is 0 Å². The van der Waals surface area contributed by atoms with Gasteiger partial charge < -0.3 is 19.9 Å². The predicted octanol–water partition coefficient (Wildman–Crippen LogP) is 0.196. The van der Waals surface area contributed by atoms with Crippen LogP contribution < -0.4 is 10.1 Å². The molecule has 2 N–H and O–H groups in total. The van der Waals surface area contributed by atoms with Crippen molar-refractivity contribution in [2.45, 2.75) is 13.0 Å². The lowest BCUT2D eigenvalue weighted by atomic mass is 10.2. The minimum Gasteiger partial charge on any atom is -0.481 e. The molecule has 1 aromatic rings. The fraction of sp³-hybridized carbons (Fsp3) is 0.364. The van der Waals surface area contributed by atoms with E-state index in [2.05, 4.69) is 15.0 Å². The van der Waals surface area contributed by atoms with Crippen molar-refractivity contribution in [3.05, 3.63) is 17.7 Å². The molecule has 0 saturated heterocycles. The van der Waals surface area contributed by atoms with Crippen LogP contribution in [0.1, 0.15) is 17.3 Å². The van der Waals surface area contributed by atoms with Gasteiger partial charge in [-0.05, 0) is 13.0 Å². The highest BCUT2D eigenvalue weighted by molar-refractivity contribution is 5.95. The number of hydrogen-bond donors (Lipinski definition) is 2. The number of carbonyl (C=O) groups excluding carboxylic acids is 2. The van der Waals surface area contributed by atoms with Crippen molar-refractivity contribution in [3.8, 4) is 5.88 Å². The lowest BCUT2D eigenvalue weighted by Crippen LogP contribution is -2.25. The number of carbonyl (C=O) groups is 2. The Kier molecular flexibility index (Phi) is 4.61. The van der Waals surface area contributed by atoms with Gasteiger partial charge in [0, 0.05) is 6.07 Å². The summed E-state index contributed by atoms with van der Waals surface area (Å²) in [5, 5.41) is 11.4. The third kappa shape index (κ3) is 3.42. The van der Waals surface area contributed by atoms with E-state index < -0.39 is 18.0 Å². The summed E-state index contributed by atoms with van der Waals surface area (Å²) < 4.78 is 9.46. The summed E-state index contributed by atoms with van der Waals surface area (Å²) in [5.74, 6) is -0.964. The topological polar surface area (TPSA) is 97.8 Å². The smallest absolute Gasteiger partial charge is 0.338 e. The minimum absolute atomic E-state index is 0.0978. The standard InChI is InChI=1S/C11H14N2O5/c1-6(14)10(15)13-8-4-7(11(16)18-3)5-9(12-8)17-2/h4-6,14H,1-3H3,(H,12,13,15)/t6-/m1/s1. The van der Waals surface area contributed by atoms with E-state index in [1.165, 1.54) is 33.3 Å². The number of methoxy groups -OCH3 is 2. The number of nitrogens with one attached hydrogen (secondary N) is 1. The van der Waals surface area contributed by atoms with Gasteiger partial charge in [0.15, 0.2) is 0 Å². The van der Waals surface area contributed by atoms with E-state index in [0.717, 1.165) is 0 Å². The van der Waals surface area contributed by atoms with Crippen molar-refractivity contribution in [1.29, 1.82) is 0 Å². The SMILES string of the molecule is COC(=O)c1cc(NC(=O)[C@@H](C)O)nc(OC)c1. The number of aromatic nitrogens is 1. The Balaban J connectivity index is 3.04. The second-order valence-electron chi connectivity index (χ2n) is 3.44. The van der Waals surface area contributed by atoms with Crippen LogP contribution in [-0.2, 0) is 9.53 Å². The van der Waals surface area contributed by atoms with Crippen molar-refractivity contribution in [1.82, 2.24) is 4.98 Å². The van der Waals surface area contributed by atoms with Crippen LogP contribution in [0.4, 0.5) is 5.82 Å². The van der Waals surface area contributed by atoms with Crippen LogP contribution in [0.25, 0.3) is 0 Å². The van der Waals surface area contributed by atoms with Crippen LogP contribution in [0, 0.1) is 0 Å². The van der Waals surface area contributed by atoms with Crippen LogP contribution >= 0.6 is 0 Å². The number of ether oxygens (including phenoxy) is 2. The summed E-state index contributed by atoms with van der Waals surface area (Å²) in [6.45, 7) is 1.32. The first-order chi connectivity index (χ1) is 8.47. The van der Waals surface area contributed by atoms with Gasteiger partial charge in [-0.1, -0.05) is 0 Å². The van der Waals surface area contributed by atoms with E-state index in [4.69, 9.17) is 9.84 Å². The lowest BCUT2D eigenvalue weighted by Gasteiger charge is -2.09. The van der Waals surface area contributed by atoms with Gasteiger partial charge in [0.2, 0.25) is 5.88 Å². The van der Waals surface area contributed by atoms with Gasteiger partial charge in [-0.3, -0.25) is 4.79 Å². The molecule has 0 aliphatic carbocycles. The van der Waals surface area contributed by atoms with Crippen LogP contribution in [0.2, 0.25) is 0 Å². The first-order valence-corrected chi connectivity index (χ1v) is 5.11. The fourth-order valence-electron chi connectivity index (χ4n) is 1.14. The Morgan fingerprint density at radius 2 is 2.06 bits per heavy atom. The maximum atomic E-state index is 11.4. The zero-order valence-corrected chi connectivity index (χ0v) is 10.3. The summed E-state index contributed by atoms with van der Waals surface area (Å²) in [5.41, 5.74) is 0.185. The van der Waals surface area contributed by atoms with Gasteiger partial charge in [-0.15, -0.1) is 0 Å². The van der Waals surface area contributed by atoms with Crippen molar-refractivity contribution in [2.24, 2.45) is 0 Å². The second kappa shape index (κ2) is 5.97. The molecule has 0 aliphatic rings. The molecule has 7 heteroatoms. The van der Waals surface area contributed by atoms with Gasteiger partial charge in [0.25, 0.3) is 5.91 Å². The Bertz CT molecular complexity index is 459. The van der Waals surface area contributed by atoms with Crippen molar-refractivity contribution in [2.75, 3.05) is 19.5 Å². The van der Waals surface area contributed by atoms with Gasteiger partial charge >= 0.3 is 5.97 Å². The molecule has 7 nitrogen and oxygen atoms in total. The first kappa shape index (κ1) is 13.9. The summed E-state index contributed by atoms with van der Waals surface area (Å²) in [6, 6.07) is 2.71. The largest absolute Gasteiger partial charge is 0.481 e. The number of aliphatic hydroxyl groups is 1. The van der Waals surface area contributed by atoms with E-state index in [0.29, 0.717) is 0 Å². The summed E-state index contributed by atoms with van der Waals surface area (Å²) in [4.78, 5) is 26.6. The molecule has 1 heterocycles. The molecule has 0 spiro atoms. The zero-order valence-electron chi connectivity index (χ0n) is 10.3. The number of anilines is 1. The van der Waals surface area contributed by atoms with Crippen molar-refractivity contribution in [3.63, 3.8) is 0 Å². The number of rotatable bonds is 4. The zero-order chi connectivity index (χ0) is 13.7. The van der Waals surface area contributed by atoms with Gasteiger partial charge in [0.05, 0.1) is 19.8 Å². The molecule has 0 aliphatic heterocycles. The molecule has 98 valence electrons. The highest BCUT2D eigenvalue weighted by Gasteiger charge is 2.14. The summed E-state index contributed by atoms with van der Waals surface area (Å²) in [7, 11) is 2.62.